The lowest BCUT2D eigenvalue weighted by atomic mass is 9.99. The van der Waals surface area contributed by atoms with E-state index in [2.05, 4.69) is 10.3 Å². The normalized spacial score (nSPS) is 23.3. The third-order valence-corrected chi connectivity index (χ3v) is 5.68. The van der Waals surface area contributed by atoms with Crippen molar-refractivity contribution in [1.29, 1.82) is 0 Å². The maximum absolute atomic E-state index is 12.7. The van der Waals surface area contributed by atoms with Gasteiger partial charge in [0.25, 0.3) is 5.91 Å². The van der Waals surface area contributed by atoms with Crippen LogP contribution in [-0.2, 0) is 11.3 Å². The van der Waals surface area contributed by atoms with Crippen molar-refractivity contribution in [1.82, 2.24) is 15.2 Å². The second-order valence-electron chi connectivity index (χ2n) is 6.09. The van der Waals surface area contributed by atoms with E-state index < -0.39 is 5.54 Å². The SMILES string of the molecule is Cc1oc(-c2ccccc2)nc1CN1C(=O)N[C@]2(CCSC2)C1=O. The van der Waals surface area contributed by atoms with Crippen LogP contribution in [0.25, 0.3) is 11.5 Å². The van der Waals surface area contributed by atoms with Gasteiger partial charge in [-0.15, -0.1) is 0 Å². The average Bonchev–Trinajstić information content (AvgIpc) is 3.25. The molecular formula is C17H17N3O3S. The van der Waals surface area contributed by atoms with Crippen LogP contribution in [0.5, 0.6) is 0 Å². The number of aryl methyl sites for hydroxylation is 1. The minimum Gasteiger partial charge on any atom is -0.441 e. The number of aromatic nitrogens is 1. The molecule has 0 bridgehead atoms. The second kappa shape index (κ2) is 5.66. The Bertz CT molecular complexity index is 797. The van der Waals surface area contributed by atoms with E-state index in [-0.39, 0.29) is 18.5 Å². The number of carbonyl (C=O) groups excluding carboxylic acids is 2. The molecule has 1 spiro atoms. The molecule has 2 fully saturated rings. The van der Waals surface area contributed by atoms with Crippen molar-refractivity contribution in [3.63, 3.8) is 0 Å². The number of carbonyl (C=O) groups is 2. The molecule has 2 aliphatic heterocycles. The molecule has 0 aliphatic carbocycles. The number of hydrogen-bond acceptors (Lipinski definition) is 5. The molecule has 2 aromatic rings. The minimum atomic E-state index is -0.721. The first-order valence-corrected chi connectivity index (χ1v) is 8.98. The second-order valence-corrected chi connectivity index (χ2v) is 7.20. The largest absolute Gasteiger partial charge is 0.441 e. The molecule has 4 rings (SSSR count). The number of rotatable bonds is 3. The molecule has 1 atom stereocenters. The number of benzene rings is 1. The van der Waals surface area contributed by atoms with Gasteiger partial charge in [-0.3, -0.25) is 9.69 Å². The van der Waals surface area contributed by atoms with Crippen molar-refractivity contribution in [3.8, 4) is 11.5 Å². The highest BCUT2D eigenvalue weighted by atomic mass is 32.2. The molecule has 0 unspecified atom stereocenters. The molecule has 1 N–H and O–H groups in total. The Morgan fingerprint density at radius 1 is 1.33 bits per heavy atom. The first-order chi connectivity index (χ1) is 11.6. The van der Waals surface area contributed by atoms with E-state index in [0.29, 0.717) is 29.5 Å². The predicted molar refractivity (Wildman–Crippen MR) is 90.4 cm³/mol. The number of oxazole rings is 1. The third-order valence-electron chi connectivity index (χ3n) is 4.49. The zero-order chi connectivity index (χ0) is 16.7. The summed E-state index contributed by atoms with van der Waals surface area (Å²) in [6.45, 7) is 1.94. The van der Waals surface area contributed by atoms with E-state index in [1.807, 2.05) is 30.3 Å². The minimum absolute atomic E-state index is 0.138. The fraction of sp³-hybridized carbons (Fsp3) is 0.353. The van der Waals surface area contributed by atoms with Crippen molar-refractivity contribution in [3.05, 3.63) is 41.8 Å². The van der Waals surface area contributed by atoms with E-state index in [9.17, 15) is 9.59 Å². The lowest BCUT2D eigenvalue weighted by Crippen LogP contribution is -2.46. The van der Waals surface area contributed by atoms with Gasteiger partial charge in [-0.25, -0.2) is 9.78 Å². The van der Waals surface area contributed by atoms with Gasteiger partial charge >= 0.3 is 6.03 Å². The summed E-state index contributed by atoms with van der Waals surface area (Å²) in [4.78, 5) is 30.7. The maximum Gasteiger partial charge on any atom is 0.325 e. The summed E-state index contributed by atoms with van der Waals surface area (Å²) >= 11 is 1.69. The number of thioether (sulfide) groups is 1. The van der Waals surface area contributed by atoms with Gasteiger partial charge in [0.05, 0.1) is 6.54 Å². The zero-order valence-corrected chi connectivity index (χ0v) is 14.1. The summed E-state index contributed by atoms with van der Waals surface area (Å²) in [6.07, 6.45) is 0.686. The molecule has 2 aliphatic rings. The highest BCUT2D eigenvalue weighted by molar-refractivity contribution is 7.99. The number of hydrogen-bond donors (Lipinski definition) is 1. The van der Waals surface area contributed by atoms with Crippen molar-refractivity contribution >= 4 is 23.7 Å². The number of nitrogens with one attached hydrogen (secondary N) is 1. The molecule has 2 saturated heterocycles. The van der Waals surface area contributed by atoms with Crippen LogP contribution < -0.4 is 5.32 Å². The molecule has 6 nitrogen and oxygen atoms in total. The number of urea groups is 1. The smallest absolute Gasteiger partial charge is 0.325 e. The zero-order valence-electron chi connectivity index (χ0n) is 13.2. The van der Waals surface area contributed by atoms with Crippen molar-refractivity contribution in [2.75, 3.05) is 11.5 Å². The average molecular weight is 343 g/mol. The summed E-state index contributed by atoms with van der Waals surface area (Å²) in [6, 6.07) is 9.22. The molecule has 1 aromatic carbocycles. The van der Waals surface area contributed by atoms with E-state index in [1.165, 1.54) is 4.90 Å². The molecule has 0 radical (unpaired) electrons. The Morgan fingerprint density at radius 2 is 2.12 bits per heavy atom. The van der Waals surface area contributed by atoms with Crippen LogP contribution in [0, 0.1) is 6.92 Å². The van der Waals surface area contributed by atoms with E-state index in [1.54, 1.807) is 18.7 Å². The number of imide groups is 1. The molecule has 124 valence electrons. The Morgan fingerprint density at radius 3 is 2.83 bits per heavy atom. The van der Waals surface area contributed by atoms with Crippen LogP contribution in [0.1, 0.15) is 17.9 Å². The molecule has 7 heteroatoms. The van der Waals surface area contributed by atoms with E-state index >= 15 is 0 Å². The number of amides is 3. The summed E-state index contributed by atoms with van der Waals surface area (Å²) in [5, 5.41) is 2.87. The molecule has 3 heterocycles. The van der Waals surface area contributed by atoms with Gasteiger partial charge in [-0.1, -0.05) is 18.2 Å². The van der Waals surface area contributed by atoms with Crippen LogP contribution in [0.4, 0.5) is 4.79 Å². The fourth-order valence-corrected chi connectivity index (χ4v) is 4.41. The summed E-state index contributed by atoms with van der Waals surface area (Å²) in [5.74, 6) is 2.50. The first-order valence-electron chi connectivity index (χ1n) is 7.83. The van der Waals surface area contributed by atoms with Crippen LogP contribution >= 0.6 is 11.8 Å². The molecule has 0 saturated carbocycles. The fourth-order valence-electron chi connectivity index (χ4n) is 3.08. The third kappa shape index (κ3) is 2.39. The lowest BCUT2D eigenvalue weighted by molar-refractivity contribution is -0.130. The van der Waals surface area contributed by atoms with E-state index in [0.717, 1.165) is 11.3 Å². The monoisotopic (exact) mass is 343 g/mol. The topological polar surface area (TPSA) is 75.4 Å². The first kappa shape index (κ1) is 15.3. The predicted octanol–water partition coefficient (Wildman–Crippen LogP) is 2.58. The Kier molecular flexibility index (Phi) is 3.60. The van der Waals surface area contributed by atoms with E-state index in [4.69, 9.17) is 4.42 Å². The van der Waals surface area contributed by atoms with Crippen LogP contribution in [0.15, 0.2) is 34.7 Å². The molecular weight excluding hydrogens is 326 g/mol. The highest BCUT2D eigenvalue weighted by Gasteiger charge is 2.53. The van der Waals surface area contributed by atoms with Gasteiger partial charge in [0.15, 0.2) is 0 Å². The van der Waals surface area contributed by atoms with Gasteiger partial charge in [-0.05, 0) is 31.2 Å². The summed E-state index contributed by atoms with van der Waals surface area (Å²) in [7, 11) is 0. The van der Waals surface area contributed by atoms with Crippen molar-refractivity contribution in [2.24, 2.45) is 0 Å². The quantitative estimate of drug-likeness (QED) is 0.867. The maximum atomic E-state index is 12.7. The Hall–Kier alpha value is -2.28. The van der Waals surface area contributed by atoms with Gasteiger partial charge in [-0.2, -0.15) is 11.8 Å². The molecule has 1 aromatic heterocycles. The lowest BCUT2D eigenvalue weighted by Gasteiger charge is -2.18. The Balaban J connectivity index is 1.59. The van der Waals surface area contributed by atoms with Gasteiger partial charge in [0.1, 0.15) is 17.0 Å². The van der Waals surface area contributed by atoms with Crippen LogP contribution in [0.3, 0.4) is 0 Å². The van der Waals surface area contributed by atoms with Crippen LogP contribution in [0.2, 0.25) is 0 Å². The Labute approximate surface area is 143 Å². The van der Waals surface area contributed by atoms with Gasteiger partial charge in [0, 0.05) is 11.3 Å². The highest BCUT2D eigenvalue weighted by Crippen LogP contribution is 2.34. The summed E-state index contributed by atoms with van der Waals surface area (Å²) in [5.41, 5.74) is 0.759. The summed E-state index contributed by atoms with van der Waals surface area (Å²) < 4.78 is 5.71. The van der Waals surface area contributed by atoms with Gasteiger partial charge < -0.3 is 9.73 Å². The van der Waals surface area contributed by atoms with Crippen molar-refractivity contribution in [2.45, 2.75) is 25.4 Å². The molecule has 24 heavy (non-hydrogen) atoms. The standard InChI is InChI=1S/C17H17N3O3S/c1-11-13(18-14(23-11)12-5-3-2-4-6-12)9-20-15(21)17(19-16(20)22)7-8-24-10-17/h2-6H,7-10H2,1H3,(H,19,22)/t17-/m0/s1. The molecule has 3 amide bonds. The van der Waals surface area contributed by atoms with Crippen molar-refractivity contribution < 1.29 is 14.0 Å². The van der Waals surface area contributed by atoms with Gasteiger partial charge in [0.2, 0.25) is 5.89 Å². The van der Waals surface area contributed by atoms with Crippen LogP contribution in [-0.4, -0.2) is 38.9 Å². The number of nitrogens with zero attached hydrogens (tertiary/aromatic N) is 2.